The van der Waals surface area contributed by atoms with Crippen molar-refractivity contribution in [3.05, 3.63) is 48.3 Å². The maximum Gasteiger partial charge on any atom is 0.241 e. The van der Waals surface area contributed by atoms with E-state index in [1.807, 2.05) is 45.3 Å². The van der Waals surface area contributed by atoms with Crippen molar-refractivity contribution in [3.63, 3.8) is 0 Å². The van der Waals surface area contributed by atoms with E-state index in [2.05, 4.69) is 38.5 Å². The van der Waals surface area contributed by atoms with Crippen LogP contribution in [0.3, 0.4) is 0 Å². The Morgan fingerprint density at radius 3 is 2.39 bits per heavy atom. The topological polar surface area (TPSA) is 116 Å². The number of hydrogen-bond donors (Lipinski definition) is 1. The van der Waals surface area contributed by atoms with Crippen LogP contribution < -0.4 is 4.72 Å². The largest absolute Gasteiger partial charge is 0.309 e. The van der Waals surface area contributed by atoms with Gasteiger partial charge in [0.25, 0.3) is 0 Å². The summed E-state index contributed by atoms with van der Waals surface area (Å²) in [5, 5.41) is 0. The van der Waals surface area contributed by atoms with Crippen LogP contribution in [0.2, 0.25) is 0 Å². The molecule has 1 unspecified atom stereocenters. The van der Waals surface area contributed by atoms with Crippen molar-refractivity contribution >= 4 is 21.2 Å². The molecule has 4 aromatic rings. The van der Waals surface area contributed by atoms with Gasteiger partial charge in [0, 0.05) is 24.5 Å². The summed E-state index contributed by atoms with van der Waals surface area (Å²) in [4.78, 5) is 22.9. The molecule has 190 valence electrons. The molecule has 36 heavy (non-hydrogen) atoms. The highest BCUT2D eigenvalue weighted by Crippen LogP contribution is 2.42. The highest BCUT2D eigenvalue weighted by atomic mass is 32.2. The summed E-state index contributed by atoms with van der Waals surface area (Å²) in [6.45, 7) is 14.6. The van der Waals surface area contributed by atoms with E-state index in [-0.39, 0.29) is 0 Å². The number of imidazole rings is 1. The summed E-state index contributed by atoms with van der Waals surface area (Å²) in [7, 11) is -3.56. The second kappa shape index (κ2) is 9.67. The van der Waals surface area contributed by atoms with Crippen molar-refractivity contribution < 1.29 is 8.42 Å². The molecule has 3 aromatic heterocycles. The average Bonchev–Trinajstić information content (AvgIpc) is 3.32. The second-order valence-corrected chi connectivity index (χ2v) is 11.0. The smallest absolute Gasteiger partial charge is 0.241 e. The molecule has 4 heterocycles. The number of aryl methyl sites for hydroxylation is 2. The number of sulfonamides is 1. The van der Waals surface area contributed by atoms with Gasteiger partial charge in [-0.1, -0.05) is 33.8 Å². The highest BCUT2D eigenvalue weighted by molar-refractivity contribution is 7.89. The Bertz CT molecular complexity index is 1510. The van der Waals surface area contributed by atoms with Gasteiger partial charge in [-0.05, 0) is 50.8 Å². The van der Waals surface area contributed by atoms with Crippen molar-refractivity contribution in [3.8, 4) is 22.6 Å². The lowest BCUT2D eigenvalue weighted by atomic mass is 9.84. The molecular formula is C26H33N7O2S. The number of rotatable bonds is 5. The van der Waals surface area contributed by atoms with Gasteiger partial charge in [0.15, 0.2) is 5.65 Å². The molecule has 0 saturated carbocycles. The molecular weight excluding hydrogens is 474 g/mol. The first-order valence-corrected chi connectivity index (χ1v) is 13.8. The first-order chi connectivity index (χ1) is 17.1. The summed E-state index contributed by atoms with van der Waals surface area (Å²) in [6.07, 6.45) is 5.72. The zero-order chi connectivity index (χ0) is 26.3. The van der Waals surface area contributed by atoms with E-state index >= 15 is 0 Å². The normalized spacial score (nSPS) is 18.2. The van der Waals surface area contributed by atoms with Crippen LogP contribution in [0.15, 0.2) is 41.8 Å². The van der Waals surface area contributed by atoms with Crippen molar-refractivity contribution in [1.29, 1.82) is 0 Å². The van der Waals surface area contributed by atoms with Crippen LogP contribution in [0.5, 0.6) is 0 Å². The van der Waals surface area contributed by atoms with Gasteiger partial charge in [-0.25, -0.2) is 38.1 Å². The van der Waals surface area contributed by atoms with Crippen LogP contribution in [-0.2, 0) is 22.1 Å². The van der Waals surface area contributed by atoms with Crippen LogP contribution in [-0.4, -0.2) is 37.9 Å². The Hall–Kier alpha value is -3.24. The van der Waals surface area contributed by atoms with Crippen LogP contribution in [0.1, 0.15) is 59.4 Å². The fourth-order valence-electron chi connectivity index (χ4n) is 4.89. The molecule has 9 nitrogen and oxygen atoms in total. The summed E-state index contributed by atoms with van der Waals surface area (Å²) < 4.78 is 30.5. The quantitative estimate of drug-likeness (QED) is 0.410. The molecule has 0 bridgehead atoms. The zero-order valence-electron chi connectivity index (χ0n) is 21.9. The summed E-state index contributed by atoms with van der Waals surface area (Å²) in [6, 6.07) is 5.38. The van der Waals surface area contributed by atoms with E-state index in [0.29, 0.717) is 52.3 Å². The minimum atomic E-state index is -3.56. The van der Waals surface area contributed by atoms with E-state index < -0.39 is 15.6 Å². The molecule has 0 aliphatic carbocycles. The van der Waals surface area contributed by atoms with Crippen LogP contribution in [0, 0.1) is 12.8 Å². The molecule has 5 rings (SSSR count). The van der Waals surface area contributed by atoms with Gasteiger partial charge in [0.2, 0.25) is 10.0 Å². The Balaban J connectivity index is 0.00000148. The fraction of sp³-hybridized carbons (Fsp3) is 0.423. The maximum atomic E-state index is 12.8. The Kier molecular flexibility index (Phi) is 6.94. The van der Waals surface area contributed by atoms with E-state index in [1.165, 1.54) is 6.33 Å². The first-order valence-electron chi connectivity index (χ1n) is 12.3. The number of benzene rings is 1. The number of aromatic nitrogens is 6. The van der Waals surface area contributed by atoms with Crippen molar-refractivity contribution in [1.82, 2.24) is 34.2 Å². The monoisotopic (exact) mass is 507 g/mol. The summed E-state index contributed by atoms with van der Waals surface area (Å²) in [5.74, 6) is 1.72. The number of hydrogen-bond acceptors (Lipinski definition) is 7. The van der Waals surface area contributed by atoms with Crippen molar-refractivity contribution in [2.45, 2.75) is 71.9 Å². The van der Waals surface area contributed by atoms with Gasteiger partial charge < -0.3 is 4.57 Å². The Morgan fingerprint density at radius 2 is 1.75 bits per heavy atom. The molecule has 1 N–H and O–H groups in total. The van der Waals surface area contributed by atoms with E-state index in [4.69, 9.17) is 4.98 Å². The molecule has 1 atom stereocenters. The van der Waals surface area contributed by atoms with Gasteiger partial charge in [-0.2, -0.15) is 0 Å². The molecule has 0 radical (unpaired) electrons. The molecule has 0 fully saturated rings. The SMILES string of the molecule is CC.CCn1c(-c2cnc(C)nc2)nc2c(-c3ccc4c(c3)C(C)(CC(C)C)NS4(=O)=O)ncnc21. The van der Waals surface area contributed by atoms with E-state index in [9.17, 15) is 8.42 Å². The van der Waals surface area contributed by atoms with Crippen LogP contribution >= 0.6 is 0 Å². The highest BCUT2D eigenvalue weighted by Gasteiger charge is 2.43. The lowest BCUT2D eigenvalue weighted by molar-refractivity contribution is 0.354. The molecule has 1 aliphatic heterocycles. The van der Waals surface area contributed by atoms with Gasteiger partial charge in [0.05, 0.1) is 16.0 Å². The third-order valence-corrected chi connectivity index (χ3v) is 7.85. The third kappa shape index (κ3) is 4.39. The van der Waals surface area contributed by atoms with Gasteiger partial charge in [0.1, 0.15) is 29.2 Å². The molecule has 10 heteroatoms. The number of nitrogens with one attached hydrogen (secondary N) is 1. The lowest BCUT2D eigenvalue weighted by Gasteiger charge is -2.26. The molecule has 0 saturated heterocycles. The van der Waals surface area contributed by atoms with Gasteiger partial charge >= 0.3 is 0 Å². The summed E-state index contributed by atoms with van der Waals surface area (Å²) in [5.41, 5.74) is 3.69. The number of fused-ring (bicyclic) bond motifs is 2. The predicted octanol–water partition coefficient (Wildman–Crippen LogP) is 4.86. The fourth-order valence-corrected chi connectivity index (χ4v) is 6.61. The standard InChI is InChI=1S/C24H27N7O2S.C2H6/c1-6-31-22(17-11-25-15(4)26-12-17)29-21-20(27-13-28-23(21)31)16-7-8-19-18(9-16)24(5,10-14(2)3)30-34(19,32)33;1-2/h7-9,11-14,30H,6,10H2,1-5H3;1-2H3. The average molecular weight is 508 g/mol. The predicted molar refractivity (Wildman–Crippen MR) is 141 cm³/mol. The molecule has 1 aromatic carbocycles. The second-order valence-electron chi connectivity index (χ2n) is 9.34. The lowest BCUT2D eigenvalue weighted by Crippen LogP contribution is -2.37. The summed E-state index contributed by atoms with van der Waals surface area (Å²) >= 11 is 0. The molecule has 1 aliphatic rings. The van der Waals surface area contributed by atoms with Gasteiger partial charge in [-0.15, -0.1) is 0 Å². The van der Waals surface area contributed by atoms with Gasteiger partial charge in [-0.3, -0.25) is 0 Å². The minimum absolute atomic E-state index is 0.313. The third-order valence-electron chi connectivity index (χ3n) is 6.20. The Morgan fingerprint density at radius 1 is 1.06 bits per heavy atom. The van der Waals surface area contributed by atoms with Crippen molar-refractivity contribution in [2.75, 3.05) is 0 Å². The maximum absolute atomic E-state index is 12.8. The number of nitrogens with zero attached hydrogens (tertiary/aromatic N) is 6. The molecule has 0 spiro atoms. The molecule has 0 amide bonds. The van der Waals surface area contributed by atoms with E-state index in [1.54, 1.807) is 24.5 Å². The zero-order valence-corrected chi connectivity index (χ0v) is 22.7. The van der Waals surface area contributed by atoms with Crippen LogP contribution in [0.25, 0.3) is 33.8 Å². The van der Waals surface area contributed by atoms with Crippen molar-refractivity contribution in [2.24, 2.45) is 5.92 Å². The Labute approximate surface area is 212 Å². The first kappa shape index (κ1) is 25.8. The van der Waals surface area contributed by atoms with Crippen LogP contribution in [0.4, 0.5) is 0 Å². The van der Waals surface area contributed by atoms with E-state index in [0.717, 1.165) is 16.7 Å². The minimum Gasteiger partial charge on any atom is -0.309 e.